The number of Topliss-reactive ketones (excluding diaryl/α,β-unsaturated/α-hetero) is 1. The van der Waals surface area contributed by atoms with Crippen LogP contribution in [0.2, 0.25) is 0 Å². The second-order valence-electron chi connectivity index (χ2n) is 11.3. The Balaban J connectivity index is 1.88. The summed E-state index contributed by atoms with van der Waals surface area (Å²) in [6, 6.07) is 2.63. The van der Waals surface area contributed by atoms with E-state index in [-0.39, 0.29) is 23.0 Å². The Labute approximate surface area is 194 Å². The zero-order valence-corrected chi connectivity index (χ0v) is 21.1. The van der Waals surface area contributed by atoms with Crippen molar-refractivity contribution >= 4 is 31.5 Å². The number of nitrogens with zero attached hydrogens (tertiary/aromatic N) is 2. The van der Waals surface area contributed by atoms with Crippen molar-refractivity contribution in [3.05, 3.63) is 33.9 Å². The molecule has 0 unspecified atom stereocenters. The van der Waals surface area contributed by atoms with E-state index in [0.29, 0.717) is 22.1 Å². The van der Waals surface area contributed by atoms with Gasteiger partial charge in [-0.05, 0) is 41.6 Å². The number of benzene rings is 1. The third-order valence-corrected chi connectivity index (χ3v) is 12.9. The highest BCUT2D eigenvalue weighted by atomic mass is 32.3. The number of carbonyl (C=O) groups is 1. The Morgan fingerprint density at radius 2 is 1.85 bits per heavy atom. The fraction of sp³-hybridized carbons (Fsp3) is 0.682. The highest BCUT2D eigenvalue weighted by molar-refractivity contribution is 8.04. The van der Waals surface area contributed by atoms with Gasteiger partial charge >= 0.3 is 0 Å². The molecular formula is C22H30N2O7S2. The normalized spacial score (nSPS) is 30.9. The molecule has 1 aromatic rings. The van der Waals surface area contributed by atoms with Gasteiger partial charge in [0.25, 0.3) is 15.7 Å². The number of sulfonamides is 2. The lowest BCUT2D eigenvalue weighted by Crippen LogP contribution is -2.57. The Hall–Kier alpha value is -1.85. The molecule has 1 aliphatic heterocycles. The molecule has 3 atom stereocenters. The Morgan fingerprint density at radius 3 is 2.33 bits per heavy atom. The van der Waals surface area contributed by atoms with E-state index < -0.39 is 58.7 Å². The molecule has 9 nitrogen and oxygen atoms in total. The van der Waals surface area contributed by atoms with Gasteiger partial charge in [-0.2, -0.15) is 0 Å². The van der Waals surface area contributed by atoms with Gasteiger partial charge in [-0.25, -0.2) is 16.8 Å². The minimum atomic E-state index is -4.62. The maximum absolute atomic E-state index is 13.9. The lowest BCUT2D eigenvalue weighted by molar-refractivity contribution is -0.385. The molecule has 33 heavy (non-hydrogen) atoms. The third-order valence-electron chi connectivity index (χ3n) is 8.29. The van der Waals surface area contributed by atoms with Gasteiger partial charge in [0.1, 0.15) is 5.78 Å². The topological polar surface area (TPSA) is 132 Å². The molecule has 1 aromatic carbocycles. The lowest BCUT2D eigenvalue weighted by atomic mass is 9.70. The van der Waals surface area contributed by atoms with E-state index in [0.717, 1.165) is 12.5 Å². The zero-order chi connectivity index (χ0) is 24.8. The van der Waals surface area contributed by atoms with Crippen LogP contribution in [0.5, 0.6) is 0 Å². The molecule has 0 amide bonds. The molecule has 2 fully saturated rings. The van der Waals surface area contributed by atoms with Gasteiger partial charge in [0.05, 0.1) is 21.6 Å². The third kappa shape index (κ3) is 3.37. The quantitative estimate of drug-likeness (QED) is 0.460. The number of fused-ring (bicyclic) bond motifs is 3. The van der Waals surface area contributed by atoms with Gasteiger partial charge in [-0.1, -0.05) is 44.4 Å². The van der Waals surface area contributed by atoms with Gasteiger partial charge in [-0.15, -0.1) is 0 Å². The molecule has 2 saturated carbocycles. The molecule has 3 aliphatic rings. The summed E-state index contributed by atoms with van der Waals surface area (Å²) in [5, 5.41) is 11.3. The van der Waals surface area contributed by atoms with Crippen molar-refractivity contribution in [2.75, 3.05) is 5.75 Å². The first-order valence-corrected chi connectivity index (χ1v) is 14.1. The van der Waals surface area contributed by atoms with Crippen molar-refractivity contribution in [3.8, 4) is 0 Å². The molecule has 182 valence electrons. The van der Waals surface area contributed by atoms with Gasteiger partial charge < -0.3 is 0 Å². The van der Waals surface area contributed by atoms with Crippen LogP contribution in [0.15, 0.2) is 23.1 Å². The van der Waals surface area contributed by atoms with Crippen LogP contribution in [0.25, 0.3) is 0 Å². The molecule has 4 rings (SSSR count). The van der Waals surface area contributed by atoms with Crippen LogP contribution >= 0.6 is 0 Å². The number of hydrogen-bond acceptors (Lipinski definition) is 7. The predicted molar refractivity (Wildman–Crippen MR) is 121 cm³/mol. The smallest absolute Gasteiger partial charge is 0.270 e. The molecule has 1 heterocycles. The summed E-state index contributed by atoms with van der Waals surface area (Å²) in [4.78, 5) is 23.2. The maximum atomic E-state index is 13.9. The summed E-state index contributed by atoms with van der Waals surface area (Å²) >= 11 is 0. The first-order chi connectivity index (χ1) is 14.9. The number of nitro groups is 1. The first-order valence-electron chi connectivity index (χ1n) is 11.0. The fourth-order valence-electron chi connectivity index (χ4n) is 6.06. The number of non-ortho nitro benzene ring substituents is 1. The van der Waals surface area contributed by atoms with Crippen LogP contribution in [-0.4, -0.2) is 43.0 Å². The molecule has 0 radical (unpaired) electrons. The van der Waals surface area contributed by atoms with Crippen LogP contribution in [0.4, 0.5) is 5.69 Å². The molecule has 0 saturated heterocycles. The van der Waals surface area contributed by atoms with E-state index >= 15 is 0 Å². The van der Waals surface area contributed by atoms with Gasteiger partial charge in [-0.3, -0.25) is 14.9 Å². The number of ketones is 1. The van der Waals surface area contributed by atoms with E-state index in [1.165, 1.54) is 12.1 Å². The monoisotopic (exact) mass is 498 g/mol. The highest BCUT2D eigenvalue weighted by Crippen LogP contribution is 2.64. The number of hydrogen-bond donors (Lipinski definition) is 0. The van der Waals surface area contributed by atoms with E-state index in [2.05, 4.69) is 0 Å². The SMILES string of the molecule is CC(C)(C)[C@@H]1Cc2ccc([N+](=O)[O-])cc2S(=O)(=O)N1S(=O)(=O)C[C@]12CC[C@H](CC1=O)C2(C)C. The number of nitro benzene ring substituents is 1. The average Bonchev–Trinajstić information content (AvgIpc) is 3.00. The maximum Gasteiger partial charge on any atom is 0.270 e. The van der Waals surface area contributed by atoms with Crippen molar-refractivity contribution in [1.29, 1.82) is 0 Å². The lowest BCUT2D eigenvalue weighted by Gasteiger charge is -2.44. The molecule has 2 bridgehead atoms. The molecule has 0 spiro atoms. The van der Waals surface area contributed by atoms with E-state index in [1.54, 1.807) is 20.8 Å². The average molecular weight is 499 g/mol. The van der Waals surface area contributed by atoms with Crippen molar-refractivity contribution in [3.63, 3.8) is 0 Å². The summed E-state index contributed by atoms with van der Waals surface area (Å²) in [6.45, 7) is 9.09. The first kappa shape index (κ1) is 24.3. The molecule has 0 aromatic heterocycles. The molecule has 2 aliphatic carbocycles. The van der Waals surface area contributed by atoms with Crippen LogP contribution in [0.3, 0.4) is 0 Å². The predicted octanol–water partition coefficient (Wildman–Crippen LogP) is 3.28. The number of carbonyl (C=O) groups excluding carboxylic acids is 1. The Kier molecular flexibility index (Phi) is 5.21. The minimum Gasteiger partial charge on any atom is -0.299 e. The van der Waals surface area contributed by atoms with Crippen molar-refractivity contribution in [1.82, 2.24) is 3.71 Å². The summed E-state index contributed by atoms with van der Waals surface area (Å²) in [7, 11) is -9.09. The highest BCUT2D eigenvalue weighted by Gasteiger charge is 2.66. The van der Waals surface area contributed by atoms with Crippen LogP contribution in [-0.2, 0) is 31.3 Å². The number of rotatable bonds is 4. The second kappa shape index (κ2) is 7.08. The minimum absolute atomic E-state index is 0.0833. The fourth-order valence-corrected chi connectivity index (χ4v) is 11.5. The zero-order valence-electron chi connectivity index (χ0n) is 19.5. The van der Waals surface area contributed by atoms with Crippen molar-refractivity contribution in [2.45, 2.75) is 71.2 Å². The largest absolute Gasteiger partial charge is 0.299 e. The van der Waals surface area contributed by atoms with Gasteiger partial charge in [0.15, 0.2) is 0 Å². The van der Waals surface area contributed by atoms with Crippen LogP contribution < -0.4 is 0 Å². The molecular weight excluding hydrogens is 468 g/mol. The van der Waals surface area contributed by atoms with E-state index in [9.17, 15) is 31.7 Å². The summed E-state index contributed by atoms with van der Waals surface area (Å²) in [5.41, 5.74) is -2.50. The van der Waals surface area contributed by atoms with Crippen LogP contribution in [0.1, 0.15) is 59.4 Å². The van der Waals surface area contributed by atoms with E-state index in [4.69, 9.17) is 0 Å². The van der Waals surface area contributed by atoms with Crippen molar-refractivity contribution in [2.24, 2.45) is 22.2 Å². The second-order valence-corrected chi connectivity index (χ2v) is 15.1. The Bertz CT molecular complexity index is 1260. The van der Waals surface area contributed by atoms with Crippen LogP contribution in [0, 0.1) is 32.3 Å². The van der Waals surface area contributed by atoms with E-state index in [1.807, 2.05) is 13.8 Å². The summed E-state index contributed by atoms with van der Waals surface area (Å²) < 4.78 is 55.9. The standard InChI is InChI=1S/C22H30N2O7S2/c1-20(2,3)18-10-14-6-7-16(23(26)27)12-17(14)33(30,31)24(18)32(28,29)13-22-9-8-15(11-19(22)25)21(22,4)5/h6-7,12,15,18H,8-11,13H2,1-5H3/t15-,18+,22-/m1/s1. The molecule has 11 heteroatoms. The summed E-state index contributed by atoms with van der Waals surface area (Å²) in [6.07, 6.45) is 1.56. The van der Waals surface area contributed by atoms with Gasteiger partial charge in [0, 0.05) is 24.0 Å². The van der Waals surface area contributed by atoms with Gasteiger partial charge in [0.2, 0.25) is 10.0 Å². The Morgan fingerprint density at radius 1 is 1.21 bits per heavy atom. The van der Waals surface area contributed by atoms with Crippen molar-refractivity contribution < 1.29 is 26.6 Å². The molecule has 0 N–H and O–H groups in total. The summed E-state index contributed by atoms with van der Waals surface area (Å²) in [5.74, 6) is -0.608.